The van der Waals surface area contributed by atoms with E-state index < -0.39 is 0 Å². The third-order valence-corrected chi connectivity index (χ3v) is 4.30. The second-order valence-electron chi connectivity index (χ2n) is 5.45. The maximum absolute atomic E-state index is 3.28. The molecule has 0 radical (unpaired) electrons. The molecule has 0 aliphatic carbocycles. The van der Waals surface area contributed by atoms with Gasteiger partial charge in [0.15, 0.2) is 0 Å². The first-order chi connectivity index (χ1) is 8.12. The smallest absolute Gasteiger partial charge is 0.0345 e. The summed E-state index contributed by atoms with van der Waals surface area (Å²) in [4.78, 5) is 0. The molecule has 2 aromatic rings. The molecule has 17 heavy (non-hydrogen) atoms. The van der Waals surface area contributed by atoms with Crippen LogP contribution >= 0.6 is 11.3 Å². The van der Waals surface area contributed by atoms with Crippen molar-refractivity contribution in [1.82, 2.24) is 5.32 Å². The van der Waals surface area contributed by atoms with Crippen molar-refractivity contribution in [2.24, 2.45) is 5.41 Å². The fourth-order valence-corrected chi connectivity index (χ4v) is 3.26. The summed E-state index contributed by atoms with van der Waals surface area (Å²) in [5.74, 6) is 0. The molecule has 1 nitrogen and oxygen atoms in total. The minimum Gasteiger partial charge on any atom is -0.319 e. The van der Waals surface area contributed by atoms with Gasteiger partial charge in [0.1, 0.15) is 0 Å². The largest absolute Gasteiger partial charge is 0.319 e. The van der Waals surface area contributed by atoms with Crippen LogP contribution in [-0.2, 0) is 6.42 Å². The van der Waals surface area contributed by atoms with Crippen LogP contribution < -0.4 is 5.32 Å². The zero-order chi connectivity index (χ0) is 12.3. The Morgan fingerprint density at radius 1 is 1.24 bits per heavy atom. The standard InChI is InChI=1S/C15H21NS/c1-15(2,11-16-3)9-8-12-10-17-14-7-5-4-6-13(12)14/h4-7,10,16H,8-9,11H2,1-3H3. The van der Waals surface area contributed by atoms with Gasteiger partial charge in [-0.05, 0) is 54.2 Å². The minimum absolute atomic E-state index is 0.373. The summed E-state index contributed by atoms with van der Waals surface area (Å²) >= 11 is 1.86. The average molecular weight is 247 g/mol. The predicted molar refractivity (Wildman–Crippen MR) is 77.9 cm³/mol. The Morgan fingerprint density at radius 2 is 2.00 bits per heavy atom. The molecule has 0 saturated carbocycles. The Morgan fingerprint density at radius 3 is 2.76 bits per heavy atom. The van der Waals surface area contributed by atoms with Crippen molar-refractivity contribution >= 4 is 21.4 Å². The molecule has 0 unspecified atom stereocenters. The fraction of sp³-hybridized carbons (Fsp3) is 0.467. The molecule has 92 valence electrons. The summed E-state index contributed by atoms with van der Waals surface area (Å²) in [6.45, 7) is 5.74. The van der Waals surface area contributed by atoms with E-state index in [1.807, 2.05) is 18.4 Å². The van der Waals surface area contributed by atoms with E-state index in [4.69, 9.17) is 0 Å². The Labute approximate surface area is 108 Å². The fourth-order valence-electron chi connectivity index (χ4n) is 2.27. The van der Waals surface area contributed by atoms with Crippen LogP contribution in [0.3, 0.4) is 0 Å². The van der Waals surface area contributed by atoms with E-state index in [1.54, 1.807) is 0 Å². The molecule has 2 rings (SSSR count). The molecule has 1 heterocycles. The number of hydrogen-bond donors (Lipinski definition) is 1. The molecule has 0 spiro atoms. The zero-order valence-corrected chi connectivity index (χ0v) is 11.7. The number of nitrogens with one attached hydrogen (secondary N) is 1. The predicted octanol–water partition coefficient (Wildman–Crippen LogP) is 4.08. The van der Waals surface area contributed by atoms with Crippen LogP contribution in [0, 0.1) is 5.41 Å². The molecule has 1 N–H and O–H groups in total. The molecule has 0 amide bonds. The minimum atomic E-state index is 0.373. The van der Waals surface area contributed by atoms with Crippen LogP contribution in [0.1, 0.15) is 25.8 Å². The maximum atomic E-state index is 3.28. The summed E-state index contributed by atoms with van der Waals surface area (Å²) in [6, 6.07) is 8.71. The van der Waals surface area contributed by atoms with E-state index in [2.05, 4.69) is 48.8 Å². The number of hydrogen-bond acceptors (Lipinski definition) is 2. The Bertz CT molecular complexity index is 484. The highest BCUT2D eigenvalue weighted by Crippen LogP contribution is 2.29. The second kappa shape index (κ2) is 5.19. The molecule has 0 fully saturated rings. The van der Waals surface area contributed by atoms with E-state index in [9.17, 15) is 0 Å². The number of aryl methyl sites for hydroxylation is 1. The molecule has 1 aromatic carbocycles. The van der Waals surface area contributed by atoms with Gasteiger partial charge in [-0.25, -0.2) is 0 Å². The van der Waals surface area contributed by atoms with Crippen LogP contribution in [0.25, 0.3) is 10.1 Å². The highest BCUT2D eigenvalue weighted by Gasteiger charge is 2.17. The Balaban J connectivity index is 2.09. The molecule has 0 bridgehead atoms. The normalized spacial score (nSPS) is 12.2. The van der Waals surface area contributed by atoms with Gasteiger partial charge < -0.3 is 5.32 Å². The molecule has 0 atom stereocenters. The first-order valence-electron chi connectivity index (χ1n) is 6.22. The van der Waals surface area contributed by atoms with Crippen molar-refractivity contribution in [3.05, 3.63) is 35.2 Å². The van der Waals surface area contributed by atoms with Gasteiger partial charge in [0.25, 0.3) is 0 Å². The lowest BCUT2D eigenvalue weighted by atomic mass is 9.86. The lowest BCUT2D eigenvalue weighted by molar-refractivity contribution is 0.325. The van der Waals surface area contributed by atoms with Gasteiger partial charge in [0, 0.05) is 4.70 Å². The average Bonchev–Trinajstić information content (AvgIpc) is 2.70. The molecular formula is C15H21NS. The zero-order valence-electron chi connectivity index (χ0n) is 10.9. The SMILES string of the molecule is CNCC(C)(C)CCc1csc2ccccc12. The maximum Gasteiger partial charge on any atom is 0.0345 e. The molecule has 0 aliphatic heterocycles. The van der Waals surface area contributed by atoms with Crippen molar-refractivity contribution < 1.29 is 0 Å². The van der Waals surface area contributed by atoms with Crippen molar-refractivity contribution in [3.8, 4) is 0 Å². The summed E-state index contributed by atoms with van der Waals surface area (Å²) in [6.07, 6.45) is 2.41. The van der Waals surface area contributed by atoms with Gasteiger partial charge in [0.2, 0.25) is 0 Å². The molecule has 1 aromatic heterocycles. The van der Waals surface area contributed by atoms with E-state index >= 15 is 0 Å². The van der Waals surface area contributed by atoms with E-state index in [1.165, 1.54) is 28.5 Å². The number of thiophene rings is 1. The van der Waals surface area contributed by atoms with E-state index in [-0.39, 0.29) is 0 Å². The highest BCUT2D eigenvalue weighted by atomic mass is 32.1. The van der Waals surface area contributed by atoms with Gasteiger partial charge in [-0.15, -0.1) is 11.3 Å². The van der Waals surface area contributed by atoms with Crippen molar-refractivity contribution in [1.29, 1.82) is 0 Å². The van der Waals surface area contributed by atoms with E-state index in [0.29, 0.717) is 5.41 Å². The van der Waals surface area contributed by atoms with Gasteiger partial charge in [0.05, 0.1) is 0 Å². The van der Waals surface area contributed by atoms with Crippen molar-refractivity contribution in [2.45, 2.75) is 26.7 Å². The number of rotatable bonds is 5. The molecule has 2 heteroatoms. The lowest BCUT2D eigenvalue weighted by Gasteiger charge is -2.23. The number of fused-ring (bicyclic) bond motifs is 1. The van der Waals surface area contributed by atoms with Crippen LogP contribution in [0.4, 0.5) is 0 Å². The van der Waals surface area contributed by atoms with Gasteiger partial charge in [-0.3, -0.25) is 0 Å². The first-order valence-corrected chi connectivity index (χ1v) is 7.10. The van der Waals surface area contributed by atoms with E-state index in [0.717, 1.165) is 6.54 Å². The first kappa shape index (κ1) is 12.6. The van der Waals surface area contributed by atoms with Crippen LogP contribution in [0.2, 0.25) is 0 Å². The monoisotopic (exact) mass is 247 g/mol. The van der Waals surface area contributed by atoms with Gasteiger partial charge in [-0.1, -0.05) is 32.0 Å². The topological polar surface area (TPSA) is 12.0 Å². The quantitative estimate of drug-likeness (QED) is 0.839. The second-order valence-corrected chi connectivity index (χ2v) is 6.36. The highest BCUT2D eigenvalue weighted by molar-refractivity contribution is 7.17. The van der Waals surface area contributed by atoms with Gasteiger partial charge in [-0.2, -0.15) is 0 Å². The third kappa shape index (κ3) is 3.08. The van der Waals surface area contributed by atoms with Crippen LogP contribution in [0.15, 0.2) is 29.6 Å². The van der Waals surface area contributed by atoms with Crippen molar-refractivity contribution in [3.63, 3.8) is 0 Å². The molecular weight excluding hydrogens is 226 g/mol. The summed E-state index contributed by atoms with van der Waals surface area (Å²) in [5.41, 5.74) is 1.88. The Kier molecular flexibility index (Phi) is 3.85. The third-order valence-electron chi connectivity index (χ3n) is 3.29. The van der Waals surface area contributed by atoms with Crippen LogP contribution in [0.5, 0.6) is 0 Å². The van der Waals surface area contributed by atoms with Gasteiger partial charge >= 0.3 is 0 Å². The lowest BCUT2D eigenvalue weighted by Crippen LogP contribution is -2.27. The molecule has 0 saturated heterocycles. The van der Waals surface area contributed by atoms with Crippen LogP contribution in [-0.4, -0.2) is 13.6 Å². The summed E-state index contributed by atoms with van der Waals surface area (Å²) in [5, 5.41) is 7.04. The number of benzene rings is 1. The molecule has 0 aliphatic rings. The Hall–Kier alpha value is -0.860. The summed E-state index contributed by atoms with van der Waals surface area (Å²) in [7, 11) is 2.03. The van der Waals surface area contributed by atoms with Crippen molar-refractivity contribution in [2.75, 3.05) is 13.6 Å². The summed E-state index contributed by atoms with van der Waals surface area (Å²) < 4.78 is 1.41.